The van der Waals surface area contributed by atoms with Crippen LogP contribution in [0.25, 0.3) is 28.2 Å². The molecule has 182 valence electrons. The summed E-state index contributed by atoms with van der Waals surface area (Å²) < 4.78 is 13.8. The number of phenols is 2. The van der Waals surface area contributed by atoms with E-state index < -0.39 is 5.78 Å². The van der Waals surface area contributed by atoms with Crippen molar-refractivity contribution in [1.82, 2.24) is 4.57 Å². The van der Waals surface area contributed by atoms with E-state index in [4.69, 9.17) is 9.47 Å². The van der Waals surface area contributed by atoms with E-state index in [0.717, 1.165) is 45.1 Å². The van der Waals surface area contributed by atoms with Crippen molar-refractivity contribution in [3.63, 3.8) is 0 Å². The molecule has 1 aliphatic rings. The molecule has 5 aromatic rings. The number of ketones is 1. The van der Waals surface area contributed by atoms with Gasteiger partial charge in [0, 0.05) is 35.6 Å². The first-order chi connectivity index (χ1) is 18.0. The monoisotopic (exact) mass is 489 g/mol. The van der Waals surface area contributed by atoms with Crippen LogP contribution in [0.5, 0.6) is 23.0 Å². The minimum absolute atomic E-state index is 0.0470. The van der Waals surface area contributed by atoms with E-state index in [-0.39, 0.29) is 28.6 Å². The molecule has 4 aromatic carbocycles. The lowest BCUT2D eigenvalue weighted by atomic mass is 10.0. The highest BCUT2D eigenvalue weighted by Gasteiger charge is 2.32. The van der Waals surface area contributed by atoms with Gasteiger partial charge in [-0.15, -0.1) is 0 Å². The molecule has 1 aliphatic heterocycles. The standard InChI is InChI=1S/C31H23NO5/c1-32-25-10-6-5-9-23(25)24(17-28-31(35)29-26(34)15-21(33)16-27(29)37-28)30(32)20-11-13-22(14-12-20)36-18-19-7-3-2-4-8-19/h2-17,33-34H,18H2,1H3/b28-17-. The minimum Gasteiger partial charge on any atom is -0.508 e. The van der Waals surface area contributed by atoms with Crippen LogP contribution in [0, 0.1) is 0 Å². The second-order valence-corrected chi connectivity index (χ2v) is 8.91. The zero-order chi connectivity index (χ0) is 25.5. The average Bonchev–Trinajstić information content (AvgIpc) is 3.37. The number of allylic oxidation sites excluding steroid dienone is 1. The molecular formula is C31H23NO5. The van der Waals surface area contributed by atoms with E-state index in [1.165, 1.54) is 6.07 Å². The molecule has 0 amide bonds. The molecule has 0 saturated carbocycles. The number of carbonyl (C=O) groups is 1. The van der Waals surface area contributed by atoms with Crippen LogP contribution in [0.4, 0.5) is 0 Å². The summed E-state index contributed by atoms with van der Waals surface area (Å²) in [6.07, 6.45) is 1.70. The number of benzene rings is 4. The van der Waals surface area contributed by atoms with Gasteiger partial charge in [-0.3, -0.25) is 4.79 Å². The fourth-order valence-corrected chi connectivity index (χ4v) is 4.78. The number of aryl methyl sites for hydroxylation is 1. The van der Waals surface area contributed by atoms with Crippen LogP contribution in [0.2, 0.25) is 0 Å². The molecule has 1 aromatic heterocycles. The third kappa shape index (κ3) is 3.98. The highest BCUT2D eigenvalue weighted by molar-refractivity contribution is 6.17. The Morgan fingerprint density at radius 3 is 2.43 bits per heavy atom. The third-order valence-electron chi connectivity index (χ3n) is 6.53. The summed E-state index contributed by atoms with van der Waals surface area (Å²) in [5.74, 6) is 0.0486. The van der Waals surface area contributed by atoms with Crippen molar-refractivity contribution in [3.05, 3.63) is 113 Å². The smallest absolute Gasteiger partial charge is 0.235 e. The van der Waals surface area contributed by atoms with Crippen molar-refractivity contribution in [1.29, 1.82) is 0 Å². The molecule has 37 heavy (non-hydrogen) atoms. The number of para-hydroxylation sites is 1. The Kier molecular flexibility index (Phi) is 5.42. The molecule has 0 atom stereocenters. The predicted octanol–water partition coefficient (Wildman–Crippen LogP) is 6.45. The van der Waals surface area contributed by atoms with Crippen molar-refractivity contribution in [2.45, 2.75) is 6.61 Å². The van der Waals surface area contributed by atoms with Gasteiger partial charge in [0.25, 0.3) is 0 Å². The molecule has 6 nitrogen and oxygen atoms in total. The van der Waals surface area contributed by atoms with Gasteiger partial charge in [0.15, 0.2) is 5.76 Å². The number of phenolic OH excluding ortho intramolecular Hbond substituents is 2. The van der Waals surface area contributed by atoms with Gasteiger partial charge in [-0.1, -0.05) is 48.5 Å². The zero-order valence-electron chi connectivity index (χ0n) is 20.0. The molecule has 2 N–H and O–H groups in total. The summed E-state index contributed by atoms with van der Waals surface area (Å²) >= 11 is 0. The van der Waals surface area contributed by atoms with Crippen LogP contribution in [0.15, 0.2) is 96.8 Å². The van der Waals surface area contributed by atoms with Crippen LogP contribution in [-0.2, 0) is 13.7 Å². The molecule has 2 heterocycles. The van der Waals surface area contributed by atoms with E-state index in [2.05, 4.69) is 4.57 Å². The van der Waals surface area contributed by atoms with E-state index in [1.54, 1.807) is 6.08 Å². The maximum absolute atomic E-state index is 13.1. The first-order valence-electron chi connectivity index (χ1n) is 11.8. The van der Waals surface area contributed by atoms with E-state index in [0.29, 0.717) is 6.61 Å². The molecular weight excluding hydrogens is 466 g/mol. The van der Waals surface area contributed by atoms with E-state index >= 15 is 0 Å². The van der Waals surface area contributed by atoms with Crippen molar-refractivity contribution in [2.75, 3.05) is 0 Å². The maximum Gasteiger partial charge on any atom is 0.235 e. The molecule has 0 saturated heterocycles. The topological polar surface area (TPSA) is 80.9 Å². The fraction of sp³-hybridized carbons (Fsp3) is 0.0645. The number of aromatic nitrogens is 1. The summed E-state index contributed by atoms with van der Waals surface area (Å²) in [5.41, 5.74) is 4.80. The molecule has 0 bridgehead atoms. The summed E-state index contributed by atoms with van der Waals surface area (Å²) in [6.45, 7) is 0.480. The molecule has 0 radical (unpaired) electrons. The number of nitrogens with zero attached hydrogens (tertiary/aromatic N) is 1. The molecule has 0 unspecified atom stereocenters. The summed E-state index contributed by atoms with van der Waals surface area (Å²) in [7, 11) is 1.98. The maximum atomic E-state index is 13.1. The number of fused-ring (bicyclic) bond motifs is 2. The Bertz CT molecular complexity index is 1680. The normalized spacial score (nSPS) is 13.6. The van der Waals surface area contributed by atoms with Crippen molar-refractivity contribution < 1.29 is 24.5 Å². The van der Waals surface area contributed by atoms with Crippen molar-refractivity contribution in [3.8, 4) is 34.3 Å². The molecule has 0 fully saturated rings. The van der Waals surface area contributed by atoms with E-state index in [1.807, 2.05) is 85.9 Å². The lowest BCUT2D eigenvalue weighted by Gasteiger charge is -2.10. The molecule has 6 rings (SSSR count). The van der Waals surface area contributed by atoms with Crippen LogP contribution in [0.1, 0.15) is 21.5 Å². The van der Waals surface area contributed by atoms with Crippen molar-refractivity contribution >= 4 is 22.8 Å². The van der Waals surface area contributed by atoms with Gasteiger partial charge >= 0.3 is 0 Å². The SMILES string of the molecule is Cn1c(-c2ccc(OCc3ccccc3)cc2)c(/C=C2\Oc3cc(O)cc(O)c3C2=O)c2ccccc21. The Labute approximate surface area is 213 Å². The Morgan fingerprint density at radius 1 is 0.919 bits per heavy atom. The number of Topliss-reactive ketones (excluding diaryl/α,β-unsaturated/α-hetero) is 1. The quantitative estimate of drug-likeness (QED) is 0.277. The highest BCUT2D eigenvalue weighted by atomic mass is 16.5. The minimum atomic E-state index is -0.434. The third-order valence-corrected chi connectivity index (χ3v) is 6.53. The second-order valence-electron chi connectivity index (χ2n) is 8.91. The van der Waals surface area contributed by atoms with Gasteiger partial charge in [-0.25, -0.2) is 0 Å². The molecule has 6 heteroatoms. The highest BCUT2D eigenvalue weighted by Crippen LogP contribution is 2.42. The summed E-state index contributed by atoms with van der Waals surface area (Å²) in [5, 5.41) is 21.0. The zero-order valence-corrected chi connectivity index (χ0v) is 20.0. The van der Waals surface area contributed by atoms with Gasteiger partial charge in [0.1, 0.15) is 35.2 Å². The largest absolute Gasteiger partial charge is 0.508 e. The lowest BCUT2D eigenvalue weighted by Crippen LogP contribution is -1.99. The second kappa shape index (κ2) is 8.91. The molecule has 0 spiro atoms. The Balaban J connectivity index is 1.39. The number of rotatable bonds is 5. The van der Waals surface area contributed by atoms with Crippen LogP contribution >= 0.6 is 0 Å². The first-order valence-corrected chi connectivity index (χ1v) is 11.8. The summed E-state index contributed by atoms with van der Waals surface area (Å²) in [4.78, 5) is 13.1. The van der Waals surface area contributed by atoms with Gasteiger partial charge in [0.2, 0.25) is 5.78 Å². The number of aromatic hydroxyl groups is 2. The number of hydrogen-bond donors (Lipinski definition) is 2. The number of ether oxygens (including phenoxy) is 2. The van der Waals surface area contributed by atoms with Gasteiger partial charge < -0.3 is 24.3 Å². The fourth-order valence-electron chi connectivity index (χ4n) is 4.78. The summed E-state index contributed by atoms with van der Waals surface area (Å²) in [6, 6.07) is 28.2. The predicted molar refractivity (Wildman–Crippen MR) is 142 cm³/mol. The Morgan fingerprint density at radius 2 is 1.65 bits per heavy atom. The van der Waals surface area contributed by atoms with Crippen molar-refractivity contribution in [2.24, 2.45) is 7.05 Å². The number of carbonyl (C=O) groups excluding carboxylic acids is 1. The van der Waals surface area contributed by atoms with Gasteiger partial charge in [-0.2, -0.15) is 0 Å². The van der Waals surface area contributed by atoms with Gasteiger partial charge in [0.05, 0.1) is 5.69 Å². The van der Waals surface area contributed by atoms with E-state index in [9.17, 15) is 15.0 Å². The van der Waals surface area contributed by atoms with Crippen LogP contribution in [-0.4, -0.2) is 20.6 Å². The van der Waals surface area contributed by atoms with Crippen LogP contribution < -0.4 is 9.47 Å². The Hall–Kier alpha value is -4.97. The molecule has 0 aliphatic carbocycles. The average molecular weight is 490 g/mol. The lowest BCUT2D eigenvalue weighted by molar-refractivity contribution is 0.101. The number of hydrogen-bond acceptors (Lipinski definition) is 5. The van der Waals surface area contributed by atoms with Crippen LogP contribution in [0.3, 0.4) is 0 Å². The van der Waals surface area contributed by atoms with Gasteiger partial charge in [-0.05, 0) is 47.5 Å². The first kappa shape index (κ1) is 22.5.